The number of rotatable bonds is 5. The molecular formula is C13H18FNO3. The van der Waals surface area contributed by atoms with E-state index in [2.05, 4.69) is 5.32 Å². The normalized spacial score (nSPS) is 14.1. The highest BCUT2D eigenvalue weighted by atomic mass is 19.1. The molecule has 1 rings (SSSR count). The second-order valence-corrected chi connectivity index (χ2v) is 4.26. The summed E-state index contributed by atoms with van der Waals surface area (Å²) < 4.78 is 13.7. The van der Waals surface area contributed by atoms with E-state index in [-0.39, 0.29) is 24.4 Å². The molecule has 4 nitrogen and oxygen atoms in total. The first-order chi connectivity index (χ1) is 8.43. The molecule has 0 fully saturated rings. The molecule has 1 aromatic carbocycles. The summed E-state index contributed by atoms with van der Waals surface area (Å²) >= 11 is 0. The Morgan fingerprint density at radius 2 is 2.11 bits per heavy atom. The third-order valence-electron chi connectivity index (χ3n) is 2.72. The van der Waals surface area contributed by atoms with Crippen molar-refractivity contribution in [3.05, 3.63) is 35.1 Å². The summed E-state index contributed by atoms with van der Waals surface area (Å²) in [7, 11) is 0. The molecular weight excluding hydrogens is 237 g/mol. The molecule has 3 N–H and O–H groups in total. The molecule has 0 saturated carbocycles. The summed E-state index contributed by atoms with van der Waals surface area (Å²) in [6, 6.07) is 4.65. The largest absolute Gasteiger partial charge is 0.390 e. The third kappa shape index (κ3) is 3.78. The predicted octanol–water partition coefficient (Wildman–Crippen LogP) is 1.05. The SMILES string of the molecule is CC(=O)NCCC(O)C(O)c1cccc(C)c1F. The van der Waals surface area contributed by atoms with Gasteiger partial charge in [0.05, 0.1) is 6.10 Å². The number of aliphatic hydroxyl groups excluding tert-OH is 2. The first-order valence-electron chi connectivity index (χ1n) is 5.79. The molecule has 100 valence electrons. The summed E-state index contributed by atoms with van der Waals surface area (Å²) in [5.74, 6) is -0.720. The Bertz CT molecular complexity index is 423. The van der Waals surface area contributed by atoms with Crippen molar-refractivity contribution >= 4 is 5.91 Å². The minimum atomic E-state index is -1.29. The van der Waals surface area contributed by atoms with Gasteiger partial charge >= 0.3 is 0 Å². The lowest BCUT2D eigenvalue weighted by atomic mass is 9.99. The second kappa shape index (κ2) is 6.47. The van der Waals surface area contributed by atoms with Crippen LogP contribution in [0.1, 0.15) is 30.6 Å². The molecule has 0 aliphatic heterocycles. The maximum atomic E-state index is 13.7. The van der Waals surface area contributed by atoms with Crippen LogP contribution in [0.3, 0.4) is 0 Å². The van der Waals surface area contributed by atoms with Crippen molar-refractivity contribution in [2.24, 2.45) is 0 Å². The van der Waals surface area contributed by atoms with Gasteiger partial charge in [0.15, 0.2) is 0 Å². The van der Waals surface area contributed by atoms with Gasteiger partial charge in [0.2, 0.25) is 5.91 Å². The molecule has 0 aromatic heterocycles. The monoisotopic (exact) mass is 255 g/mol. The van der Waals surface area contributed by atoms with Crippen LogP contribution in [0.2, 0.25) is 0 Å². The van der Waals surface area contributed by atoms with Gasteiger partial charge in [0.1, 0.15) is 11.9 Å². The van der Waals surface area contributed by atoms with Crippen LogP contribution in [0.15, 0.2) is 18.2 Å². The van der Waals surface area contributed by atoms with Crippen LogP contribution < -0.4 is 5.32 Å². The van der Waals surface area contributed by atoms with Crippen molar-refractivity contribution in [3.8, 4) is 0 Å². The quantitative estimate of drug-likeness (QED) is 0.736. The molecule has 18 heavy (non-hydrogen) atoms. The summed E-state index contributed by atoms with van der Waals surface area (Å²) in [4.78, 5) is 10.6. The highest BCUT2D eigenvalue weighted by Gasteiger charge is 2.21. The number of carbonyl (C=O) groups excluding carboxylic acids is 1. The van der Waals surface area contributed by atoms with Gasteiger partial charge in [-0.25, -0.2) is 4.39 Å². The molecule has 0 bridgehead atoms. The number of hydrogen-bond donors (Lipinski definition) is 3. The van der Waals surface area contributed by atoms with Crippen molar-refractivity contribution < 1.29 is 19.4 Å². The number of aryl methyl sites for hydroxylation is 1. The molecule has 0 heterocycles. The Balaban J connectivity index is 2.65. The smallest absolute Gasteiger partial charge is 0.216 e. The van der Waals surface area contributed by atoms with Crippen molar-refractivity contribution in [1.82, 2.24) is 5.32 Å². The number of amides is 1. The fraction of sp³-hybridized carbons (Fsp3) is 0.462. The highest BCUT2D eigenvalue weighted by Crippen LogP contribution is 2.23. The van der Waals surface area contributed by atoms with Crippen LogP contribution in [0.25, 0.3) is 0 Å². The predicted molar refractivity (Wildman–Crippen MR) is 65.4 cm³/mol. The zero-order valence-electron chi connectivity index (χ0n) is 10.5. The van der Waals surface area contributed by atoms with E-state index in [1.807, 2.05) is 0 Å². The first-order valence-corrected chi connectivity index (χ1v) is 5.79. The van der Waals surface area contributed by atoms with E-state index in [0.717, 1.165) is 0 Å². The van der Waals surface area contributed by atoms with Gasteiger partial charge in [-0.05, 0) is 18.9 Å². The number of halogens is 1. The van der Waals surface area contributed by atoms with E-state index in [1.165, 1.54) is 13.0 Å². The van der Waals surface area contributed by atoms with Crippen LogP contribution >= 0.6 is 0 Å². The molecule has 0 radical (unpaired) electrons. The Hall–Kier alpha value is -1.46. The summed E-state index contributed by atoms with van der Waals surface area (Å²) in [5.41, 5.74) is 0.492. The number of aliphatic hydroxyl groups is 2. The van der Waals surface area contributed by atoms with Crippen LogP contribution in [-0.4, -0.2) is 28.8 Å². The van der Waals surface area contributed by atoms with Crippen LogP contribution in [0.4, 0.5) is 4.39 Å². The van der Waals surface area contributed by atoms with E-state index in [1.54, 1.807) is 19.1 Å². The fourth-order valence-electron chi connectivity index (χ4n) is 1.66. The molecule has 2 atom stereocenters. The lowest BCUT2D eigenvalue weighted by Gasteiger charge is -2.19. The van der Waals surface area contributed by atoms with Gasteiger partial charge in [0, 0.05) is 19.0 Å². The Labute approximate surface area is 105 Å². The molecule has 1 amide bonds. The molecule has 2 unspecified atom stereocenters. The maximum Gasteiger partial charge on any atom is 0.216 e. The highest BCUT2D eigenvalue weighted by molar-refractivity contribution is 5.72. The van der Waals surface area contributed by atoms with Crippen molar-refractivity contribution in [2.75, 3.05) is 6.54 Å². The van der Waals surface area contributed by atoms with Crippen LogP contribution in [0.5, 0.6) is 0 Å². The van der Waals surface area contributed by atoms with E-state index in [4.69, 9.17) is 0 Å². The van der Waals surface area contributed by atoms with Gasteiger partial charge in [-0.15, -0.1) is 0 Å². The van der Waals surface area contributed by atoms with Crippen molar-refractivity contribution in [1.29, 1.82) is 0 Å². The zero-order valence-corrected chi connectivity index (χ0v) is 10.5. The van der Waals surface area contributed by atoms with E-state index in [0.29, 0.717) is 5.56 Å². The zero-order chi connectivity index (χ0) is 13.7. The average molecular weight is 255 g/mol. The summed E-state index contributed by atoms with van der Waals surface area (Å²) in [6.07, 6.45) is -2.25. The number of carbonyl (C=O) groups is 1. The van der Waals surface area contributed by atoms with E-state index in [9.17, 15) is 19.4 Å². The molecule has 0 aliphatic carbocycles. The second-order valence-electron chi connectivity index (χ2n) is 4.26. The molecule has 1 aromatic rings. The standard InChI is InChI=1S/C13H18FNO3/c1-8-4-3-5-10(12(8)14)13(18)11(17)6-7-15-9(2)16/h3-5,11,13,17-18H,6-7H2,1-2H3,(H,15,16). The van der Waals surface area contributed by atoms with Crippen molar-refractivity contribution in [2.45, 2.75) is 32.5 Å². The van der Waals surface area contributed by atoms with Crippen LogP contribution in [-0.2, 0) is 4.79 Å². The van der Waals surface area contributed by atoms with Gasteiger partial charge < -0.3 is 15.5 Å². The lowest BCUT2D eigenvalue weighted by Crippen LogP contribution is -2.28. The molecule has 0 aliphatic rings. The van der Waals surface area contributed by atoms with Gasteiger partial charge in [-0.3, -0.25) is 4.79 Å². The lowest BCUT2D eigenvalue weighted by molar-refractivity contribution is -0.119. The fourth-order valence-corrected chi connectivity index (χ4v) is 1.66. The number of benzene rings is 1. The number of nitrogens with one attached hydrogen (secondary N) is 1. The summed E-state index contributed by atoms with van der Waals surface area (Å²) in [6.45, 7) is 3.19. The molecule has 0 saturated heterocycles. The molecule has 0 spiro atoms. The Morgan fingerprint density at radius 1 is 1.44 bits per heavy atom. The topological polar surface area (TPSA) is 69.6 Å². The van der Waals surface area contributed by atoms with E-state index < -0.39 is 18.0 Å². The minimum absolute atomic E-state index is 0.0744. The Kier molecular flexibility index (Phi) is 5.25. The Morgan fingerprint density at radius 3 is 2.72 bits per heavy atom. The molecule has 5 heteroatoms. The number of hydrogen-bond acceptors (Lipinski definition) is 3. The van der Waals surface area contributed by atoms with Gasteiger partial charge in [0.25, 0.3) is 0 Å². The van der Waals surface area contributed by atoms with Gasteiger partial charge in [-0.2, -0.15) is 0 Å². The van der Waals surface area contributed by atoms with Crippen LogP contribution in [0, 0.1) is 12.7 Å². The maximum absolute atomic E-state index is 13.7. The third-order valence-corrected chi connectivity index (χ3v) is 2.72. The summed E-state index contributed by atoms with van der Waals surface area (Å²) in [5, 5.41) is 22.1. The van der Waals surface area contributed by atoms with Crippen molar-refractivity contribution in [3.63, 3.8) is 0 Å². The minimum Gasteiger partial charge on any atom is -0.390 e. The van der Waals surface area contributed by atoms with E-state index >= 15 is 0 Å². The average Bonchev–Trinajstić information content (AvgIpc) is 2.31. The van der Waals surface area contributed by atoms with Gasteiger partial charge in [-0.1, -0.05) is 18.2 Å². The first kappa shape index (κ1) is 14.6.